The largest absolute Gasteiger partial charge is 0.316 e. The molecule has 3 heteroatoms. The van der Waals surface area contributed by atoms with Crippen LogP contribution in [0.2, 0.25) is 0 Å². The number of rotatable bonds is 2. The van der Waals surface area contributed by atoms with Crippen LogP contribution in [0.4, 0.5) is 8.78 Å². The van der Waals surface area contributed by atoms with E-state index in [0.29, 0.717) is 12.3 Å². The predicted molar refractivity (Wildman–Crippen MR) is 80.6 cm³/mol. The monoisotopic (exact) mass is 287 g/mol. The lowest BCUT2D eigenvalue weighted by molar-refractivity contribution is 0.561. The highest BCUT2D eigenvalue weighted by Crippen LogP contribution is 2.25. The van der Waals surface area contributed by atoms with E-state index in [9.17, 15) is 8.78 Å². The maximum Gasteiger partial charge on any atom is 0.129 e. The van der Waals surface area contributed by atoms with Gasteiger partial charge in [-0.15, -0.1) is 0 Å². The Labute approximate surface area is 124 Å². The summed E-state index contributed by atoms with van der Waals surface area (Å²) in [5.41, 5.74) is 3.75. The Morgan fingerprint density at radius 2 is 1.90 bits per heavy atom. The van der Waals surface area contributed by atoms with Crippen molar-refractivity contribution in [2.75, 3.05) is 13.1 Å². The van der Waals surface area contributed by atoms with E-state index in [4.69, 9.17) is 0 Å². The van der Waals surface area contributed by atoms with Crippen LogP contribution in [-0.2, 0) is 12.8 Å². The first-order valence-corrected chi connectivity index (χ1v) is 7.40. The minimum absolute atomic E-state index is 0.150. The van der Waals surface area contributed by atoms with Crippen molar-refractivity contribution in [2.45, 2.75) is 25.7 Å². The highest BCUT2D eigenvalue weighted by Gasteiger charge is 2.16. The van der Waals surface area contributed by atoms with Gasteiger partial charge in [-0.2, -0.15) is 0 Å². The minimum Gasteiger partial charge on any atom is -0.316 e. The van der Waals surface area contributed by atoms with Crippen LogP contribution in [0.3, 0.4) is 0 Å². The summed E-state index contributed by atoms with van der Waals surface area (Å²) < 4.78 is 27.5. The highest BCUT2D eigenvalue weighted by atomic mass is 19.1. The van der Waals surface area contributed by atoms with Crippen LogP contribution < -0.4 is 5.32 Å². The van der Waals surface area contributed by atoms with Gasteiger partial charge in [0.1, 0.15) is 11.6 Å². The molecule has 110 valence electrons. The summed E-state index contributed by atoms with van der Waals surface area (Å²) in [5.74, 6) is -0.521. The molecule has 0 radical (unpaired) electrons. The second-order valence-corrected chi connectivity index (χ2v) is 5.77. The molecule has 1 nitrogen and oxygen atoms in total. The summed E-state index contributed by atoms with van der Waals surface area (Å²) in [6.45, 7) is 4.12. The van der Waals surface area contributed by atoms with Gasteiger partial charge in [0.25, 0.3) is 0 Å². The van der Waals surface area contributed by atoms with Gasteiger partial charge in [0, 0.05) is 18.5 Å². The van der Waals surface area contributed by atoms with Gasteiger partial charge in [-0.05, 0) is 47.7 Å². The van der Waals surface area contributed by atoms with Gasteiger partial charge in [0.2, 0.25) is 0 Å². The Kier molecular flexibility index (Phi) is 4.02. The van der Waals surface area contributed by atoms with Gasteiger partial charge in [-0.1, -0.05) is 31.2 Å². The van der Waals surface area contributed by atoms with Gasteiger partial charge < -0.3 is 5.32 Å². The summed E-state index contributed by atoms with van der Waals surface area (Å²) in [7, 11) is 0. The Morgan fingerprint density at radius 1 is 1.14 bits per heavy atom. The zero-order valence-electron chi connectivity index (χ0n) is 12.1. The van der Waals surface area contributed by atoms with E-state index in [1.807, 2.05) is 6.07 Å². The molecule has 1 atom stereocenters. The van der Waals surface area contributed by atoms with Crippen LogP contribution in [-0.4, -0.2) is 13.1 Å². The van der Waals surface area contributed by atoms with E-state index in [2.05, 4.69) is 24.4 Å². The average molecular weight is 287 g/mol. The summed E-state index contributed by atoms with van der Waals surface area (Å²) in [6.07, 6.45) is 1.31. The average Bonchev–Trinajstić information content (AvgIpc) is 2.65. The third-order valence-electron chi connectivity index (χ3n) is 4.21. The molecule has 0 saturated heterocycles. The number of halogens is 2. The number of hydrogen-bond acceptors (Lipinski definition) is 1. The van der Waals surface area contributed by atoms with Gasteiger partial charge in [0.15, 0.2) is 0 Å². The summed E-state index contributed by atoms with van der Waals surface area (Å²) in [6, 6.07) is 10.2. The van der Waals surface area contributed by atoms with E-state index >= 15 is 0 Å². The molecule has 21 heavy (non-hydrogen) atoms. The molecule has 2 aromatic carbocycles. The van der Waals surface area contributed by atoms with E-state index in [-0.39, 0.29) is 5.56 Å². The topological polar surface area (TPSA) is 12.0 Å². The van der Waals surface area contributed by atoms with Gasteiger partial charge >= 0.3 is 0 Å². The highest BCUT2D eigenvalue weighted by molar-refractivity contribution is 5.38. The van der Waals surface area contributed by atoms with Crippen LogP contribution in [0.25, 0.3) is 0 Å². The first-order valence-electron chi connectivity index (χ1n) is 7.40. The van der Waals surface area contributed by atoms with E-state index in [0.717, 1.165) is 25.1 Å². The molecule has 1 aliphatic rings. The van der Waals surface area contributed by atoms with Gasteiger partial charge in [-0.3, -0.25) is 0 Å². The maximum atomic E-state index is 13.8. The molecular weight excluding hydrogens is 268 g/mol. The van der Waals surface area contributed by atoms with Crippen molar-refractivity contribution in [3.8, 4) is 0 Å². The molecule has 1 N–H and O–H groups in total. The molecule has 0 aromatic heterocycles. The second-order valence-electron chi connectivity index (χ2n) is 5.77. The van der Waals surface area contributed by atoms with Crippen LogP contribution in [0.5, 0.6) is 0 Å². The van der Waals surface area contributed by atoms with Gasteiger partial charge in [-0.25, -0.2) is 8.78 Å². The zero-order valence-corrected chi connectivity index (χ0v) is 12.1. The maximum absolute atomic E-state index is 13.8. The lowest BCUT2D eigenvalue weighted by atomic mass is 9.91. The SMILES string of the molecule is C[C@@H]1CNCCc2ccc(Cc3c(F)cccc3F)cc21. The molecule has 2 aromatic rings. The Morgan fingerprint density at radius 3 is 2.67 bits per heavy atom. The predicted octanol–water partition coefficient (Wildman–Crippen LogP) is 3.80. The van der Waals surface area contributed by atoms with Gasteiger partial charge in [0.05, 0.1) is 0 Å². The summed E-state index contributed by atoms with van der Waals surface area (Å²) in [5, 5.41) is 3.41. The summed E-state index contributed by atoms with van der Waals surface area (Å²) >= 11 is 0. The van der Waals surface area contributed by atoms with Crippen LogP contribution >= 0.6 is 0 Å². The van der Waals surface area contributed by atoms with Crippen LogP contribution in [0.15, 0.2) is 36.4 Å². The van der Waals surface area contributed by atoms with E-state index < -0.39 is 11.6 Å². The number of fused-ring (bicyclic) bond motifs is 1. The quantitative estimate of drug-likeness (QED) is 0.886. The standard InChI is InChI=1S/C18H19F2N/c1-12-11-21-8-7-14-6-5-13(9-15(12)14)10-16-17(19)3-2-4-18(16)20/h2-6,9,12,21H,7-8,10-11H2,1H3/t12-/m1/s1. The van der Waals surface area contributed by atoms with Crippen molar-refractivity contribution in [3.05, 3.63) is 70.3 Å². The fourth-order valence-corrected chi connectivity index (χ4v) is 3.00. The summed E-state index contributed by atoms with van der Waals surface area (Å²) in [4.78, 5) is 0. The van der Waals surface area contributed by atoms with Crippen molar-refractivity contribution >= 4 is 0 Å². The Bertz CT molecular complexity index is 631. The Balaban J connectivity index is 1.94. The fourth-order valence-electron chi connectivity index (χ4n) is 3.00. The molecular formula is C18H19F2N. The van der Waals surface area contributed by atoms with Crippen molar-refractivity contribution in [3.63, 3.8) is 0 Å². The fraction of sp³-hybridized carbons (Fsp3) is 0.333. The number of hydrogen-bond donors (Lipinski definition) is 1. The molecule has 0 bridgehead atoms. The second kappa shape index (κ2) is 5.94. The molecule has 0 unspecified atom stereocenters. The number of benzene rings is 2. The smallest absolute Gasteiger partial charge is 0.129 e. The lowest BCUT2D eigenvalue weighted by Gasteiger charge is -2.14. The zero-order chi connectivity index (χ0) is 14.8. The normalized spacial score (nSPS) is 18.1. The Hall–Kier alpha value is -1.74. The minimum atomic E-state index is -0.473. The third-order valence-corrected chi connectivity index (χ3v) is 4.21. The number of nitrogens with one attached hydrogen (secondary N) is 1. The van der Waals surface area contributed by atoms with Crippen molar-refractivity contribution < 1.29 is 8.78 Å². The molecule has 0 fully saturated rings. The first kappa shape index (κ1) is 14.2. The lowest BCUT2D eigenvalue weighted by Crippen LogP contribution is -2.18. The van der Waals surface area contributed by atoms with E-state index in [1.165, 1.54) is 29.3 Å². The molecule has 1 aliphatic heterocycles. The molecule has 0 spiro atoms. The molecule has 0 aliphatic carbocycles. The molecule has 0 amide bonds. The molecule has 3 rings (SSSR count). The van der Waals surface area contributed by atoms with E-state index in [1.54, 1.807) is 0 Å². The van der Waals surface area contributed by atoms with Crippen molar-refractivity contribution in [2.24, 2.45) is 0 Å². The third kappa shape index (κ3) is 2.98. The van der Waals surface area contributed by atoms with Crippen LogP contribution in [0, 0.1) is 11.6 Å². The van der Waals surface area contributed by atoms with Crippen molar-refractivity contribution in [1.82, 2.24) is 5.32 Å². The van der Waals surface area contributed by atoms with Crippen LogP contribution in [0.1, 0.15) is 35.1 Å². The molecule has 0 saturated carbocycles. The van der Waals surface area contributed by atoms with Crippen molar-refractivity contribution in [1.29, 1.82) is 0 Å². The molecule has 1 heterocycles. The first-order chi connectivity index (χ1) is 10.1.